The van der Waals surface area contributed by atoms with Crippen molar-refractivity contribution in [1.82, 2.24) is 4.90 Å². The highest BCUT2D eigenvalue weighted by Crippen LogP contribution is 2.32. The normalized spacial score (nSPS) is 26.7. The maximum atomic E-state index is 12.2. The second-order valence-corrected chi connectivity index (χ2v) is 5.55. The molecule has 0 aromatic heterocycles. The van der Waals surface area contributed by atoms with Gasteiger partial charge in [-0.2, -0.15) is 0 Å². The van der Waals surface area contributed by atoms with Crippen LogP contribution in [0, 0.1) is 5.92 Å². The first kappa shape index (κ1) is 14.4. The second kappa shape index (κ2) is 5.93. The molecule has 4 heteroatoms. The number of carbonyl (C=O) groups excluding carboxylic acids is 1. The van der Waals surface area contributed by atoms with Crippen LogP contribution < -0.4 is 5.73 Å². The van der Waals surface area contributed by atoms with E-state index in [2.05, 4.69) is 12.1 Å². The Labute approximate surface area is 120 Å². The fraction of sp³-hybridized carbons (Fsp3) is 0.533. The van der Waals surface area contributed by atoms with Crippen molar-refractivity contribution < 1.29 is 4.79 Å². The molecule has 1 aliphatic heterocycles. The molecule has 1 aromatic carbocycles. The highest BCUT2D eigenvalue weighted by atomic mass is 35.5. The summed E-state index contributed by atoms with van der Waals surface area (Å²) in [7, 11) is 0. The Morgan fingerprint density at radius 3 is 2.42 bits per heavy atom. The van der Waals surface area contributed by atoms with E-state index in [9.17, 15) is 4.79 Å². The molecule has 0 unspecified atom stereocenters. The summed E-state index contributed by atoms with van der Waals surface area (Å²) >= 11 is 0. The van der Waals surface area contributed by atoms with Gasteiger partial charge in [0, 0.05) is 31.0 Å². The van der Waals surface area contributed by atoms with Crippen LogP contribution in [0.5, 0.6) is 0 Å². The van der Waals surface area contributed by atoms with Crippen molar-refractivity contribution in [2.75, 3.05) is 13.1 Å². The van der Waals surface area contributed by atoms with Crippen molar-refractivity contribution in [3.63, 3.8) is 0 Å². The third-order valence-corrected chi connectivity index (χ3v) is 4.36. The van der Waals surface area contributed by atoms with E-state index in [4.69, 9.17) is 5.73 Å². The fourth-order valence-corrected chi connectivity index (χ4v) is 2.98. The number of benzene rings is 1. The predicted octanol–water partition coefficient (Wildman–Crippen LogP) is 2.16. The molecule has 3 nitrogen and oxygen atoms in total. The first-order valence-corrected chi connectivity index (χ1v) is 6.85. The lowest BCUT2D eigenvalue weighted by molar-refractivity contribution is -0.137. The first-order chi connectivity index (χ1) is 8.75. The summed E-state index contributed by atoms with van der Waals surface area (Å²) in [5.41, 5.74) is 7.46. The number of hydrogen-bond donors (Lipinski definition) is 1. The van der Waals surface area contributed by atoms with Crippen LogP contribution in [-0.2, 0) is 4.79 Å². The van der Waals surface area contributed by atoms with E-state index in [1.165, 1.54) is 12.0 Å². The zero-order valence-corrected chi connectivity index (χ0v) is 11.8. The van der Waals surface area contributed by atoms with Crippen LogP contribution in [0.25, 0.3) is 0 Å². The number of amides is 1. The Balaban J connectivity index is 0.00000133. The average Bonchev–Trinajstić information content (AvgIpc) is 2.70. The standard InChI is InChI=1S/C15H20N2O.ClH/c16-14-10-17(15(18)12-7-4-8-12)9-13(14)11-5-2-1-3-6-11;/h1-3,5-6,12-14H,4,7-10,16H2;1H/t13-,14+;/m0./s1. The number of halogens is 1. The summed E-state index contributed by atoms with van der Waals surface area (Å²) in [4.78, 5) is 14.2. The molecule has 1 heterocycles. The quantitative estimate of drug-likeness (QED) is 0.902. The molecule has 1 saturated carbocycles. The molecule has 1 aliphatic carbocycles. The molecular weight excluding hydrogens is 260 g/mol. The molecule has 0 radical (unpaired) electrons. The number of likely N-dealkylation sites (tertiary alicyclic amines) is 1. The monoisotopic (exact) mass is 280 g/mol. The SMILES string of the molecule is Cl.N[C@@H]1CN(C(=O)C2CCC2)C[C@H]1c1ccccc1. The average molecular weight is 281 g/mol. The molecule has 1 aromatic rings. The molecule has 0 bridgehead atoms. The number of hydrogen-bond acceptors (Lipinski definition) is 2. The number of nitrogens with zero attached hydrogens (tertiary/aromatic N) is 1. The fourth-order valence-electron chi connectivity index (χ4n) is 2.98. The van der Waals surface area contributed by atoms with Crippen LogP contribution in [0.15, 0.2) is 30.3 Å². The molecular formula is C15H21ClN2O. The zero-order valence-electron chi connectivity index (χ0n) is 11.0. The first-order valence-electron chi connectivity index (χ1n) is 6.85. The number of carbonyl (C=O) groups is 1. The Kier molecular flexibility index (Phi) is 4.48. The van der Waals surface area contributed by atoms with E-state index in [0.29, 0.717) is 11.8 Å². The van der Waals surface area contributed by atoms with Crippen molar-refractivity contribution in [3.05, 3.63) is 35.9 Å². The van der Waals surface area contributed by atoms with Gasteiger partial charge in [-0.05, 0) is 18.4 Å². The Bertz CT molecular complexity index is 433. The molecule has 2 atom stereocenters. The van der Waals surface area contributed by atoms with Crippen LogP contribution in [-0.4, -0.2) is 29.9 Å². The van der Waals surface area contributed by atoms with Crippen molar-refractivity contribution >= 4 is 18.3 Å². The minimum atomic E-state index is 0. The highest BCUT2D eigenvalue weighted by Gasteiger charge is 2.37. The number of rotatable bonds is 2. The summed E-state index contributed by atoms with van der Waals surface area (Å²) in [6.45, 7) is 1.51. The Hall–Kier alpha value is -1.06. The van der Waals surface area contributed by atoms with Crippen LogP contribution in [0.4, 0.5) is 0 Å². The molecule has 1 amide bonds. The van der Waals surface area contributed by atoms with E-state index in [-0.39, 0.29) is 24.4 Å². The minimum Gasteiger partial charge on any atom is -0.340 e. The van der Waals surface area contributed by atoms with Crippen molar-refractivity contribution in [2.24, 2.45) is 11.7 Å². The summed E-state index contributed by atoms with van der Waals surface area (Å²) in [6.07, 6.45) is 3.35. The molecule has 104 valence electrons. The summed E-state index contributed by atoms with van der Waals surface area (Å²) in [5.74, 6) is 0.914. The topological polar surface area (TPSA) is 46.3 Å². The smallest absolute Gasteiger partial charge is 0.225 e. The number of nitrogens with two attached hydrogens (primary N) is 1. The molecule has 3 rings (SSSR count). The van der Waals surface area contributed by atoms with Gasteiger partial charge in [-0.3, -0.25) is 4.79 Å². The summed E-state index contributed by atoms with van der Waals surface area (Å²) in [6, 6.07) is 10.4. The van der Waals surface area contributed by atoms with Crippen molar-refractivity contribution in [1.29, 1.82) is 0 Å². The van der Waals surface area contributed by atoms with E-state index >= 15 is 0 Å². The van der Waals surface area contributed by atoms with Crippen LogP contribution in [0.2, 0.25) is 0 Å². The lowest BCUT2D eigenvalue weighted by Crippen LogP contribution is -2.38. The third kappa shape index (κ3) is 2.77. The van der Waals surface area contributed by atoms with Gasteiger partial charge in [0.25, 0.3) is 0 Å². The lowest BCUT2D eigenvalue weighted by Gasteiger charge is -2.29. The Morgan fingerprint density at radius 1 is 1.16 bits per heavy atom. The molecule has 0 spiro atoms. The van der Waals surface area contributed by atoms with Gasteiger partial charge in [-0.25, -0.2) is 0 Å². The molecule has 2 aliphatic rings. The van der Waals surface area contributed by atoms with Gasteiger partial charge in [-0.1, -0.05) is 36.8 Å². The van der Waals surface area contributed by atoms with Gasteiger partial charge in [0.05, 0.1) is 0 Å². The summed E-state index contributed by atoms with van der Waals surface area (Å²) < 4.78 is 0. The van der Waals surface area contributed by atoms with Crippen LogP contribution in [0.3, 0.4) is 0 Å². The van der Waals surface area contributed by atoms with Gasteiger partial charge < -0.3 is 10.6 Å². The van der Waals surface area contributed by atoms with Gasteiger partial charge in [0.1, 0.15) is 0 Å². The Morgan fingerprint density at radius 2 is 1.84 bits per heavy atom. The molecule has 19 heavy (non-hydrogen) atoms. The maximum Gasteiger partial charge on any atom is 0.225 e. The largest absolute Gasteiger partial charge is 0.340 e. The van der Waals surface area contributed by atoms with E-state index in [1.807, 2.05) is 23.1 Å². The van der Waals surface area contributed by atoms with Crippen LogP contribution in [0.1, 0.15) is 30.7 Å². The van der Waals surface area contributed by atoms with Crippen molar-refractivity contribution in [3.8, 4) is 0 Å². The highest BCUT2D eigenvalue weighted by molar-refractivity contribution is 5.85. The molecule has 2 N–H and O–H groups in total. The summed E-state index contributed by atoms with van der Waals surface area (Å²) in [5, 5.41) is 0. The van der Waals surface area contributed by atoms with Crippen LogP contribution >= 0.6 is 12.4 Å². The van der Waals surface area contributed by atoms with E-state index < -0.39 is 0 Å². The van der Waals surface area contributed by atoms with Gasteiger partial charge in [0.15, 0.2) is 0 Å². The second-order valence-electron chi connectivity index (χ2n) is 5.55. The third-order valence-electron chi connectivity index (χ3n) is 4.36. The molecule has 1 saturated heterocycles. The lowest BCUT2D eigenvalue weighted by atomic mass is 9.84. The minimum absolute atomic E-state index is 0. The van der Waals surface area contributed by atoms with Gasteiger partial charge >= 0.3 is 0 Å². The van der Waals surface area contributed by atoms with Gasteiger partial charge in [-0.15, -0.1) is 12.4 Å². The van der Waals surface area contributed by atoms with Gasteiger partial charge in [0.2, 0.25) is 5.91 Å². The molecule has 2 fully saturated rings. The van der Waals surface area contributed by atoms with E-state index in [1.54, 1.807) is 0 Å². The zero-order chi connectivity index (χ0) is 12.5. The maximum absolute atomic E-state index is 12.2. The van der Waals surface area contributed by atoms with E-state index in [0.717, 1.165) is 25.9 Å². The predicted molar refractivity (Wildman–Crippen MR) is 78.3 cm³/mol. The van der Waals surface area contributed by atoms with Crippen molar-refractivity contribution in [2.45, 2.75) is 31.2 Å².